The molecule has 156 valence electrons. The fourth-order valence-corrected chi connectivity index (χ4v) is 9.57. The van der Waals surface area contributed by atoms with E-state index in [1.165, 1.54) is 16.8 Å². The minimum atomic E-state index is -2.55. The lowest BCUT2D eigenvalue weighted by Crippen LogP contribution is -2.66. The van der Waals surface area contributed by atoms with Crippen LogP contribution in [-0.2, 0) is 9.22 Å². The van der Waals surface area contributed by atoms with Crippen LogP contribution in [0.2, 0.25) is 5.04 Å². The maximum Gasteiger partial charge on any atom is 0.261 e. The Labute approximate surface area is 176 Å². The zero-order valence-corrected chi connectivity index (χ0v) is 19.1. The number of rotatable bonds is 7. The highest BCUT2D eigenvalue weighted by Gasteiger charge is 2.50. The fraction of sp³-hybridized carbons (Fsp3) is 0.480. The van der Waals surface area contributed by atoms with Gasteiger partial charge in [0.25, 0.3) is 8.32 Å². The van der Waals surface area contributed by atoms with Crippen LogP contribution in [-0.4, -0.2) is 20.8 Å². The average molecular weight is 410 g/mol. The Bertz CT molecular complexity index is 753. The van der Waals surface area contributed by atoms with Gasteiger partial charge in [-0.15, -0.1) is 0 Å². The van der Waals surface area contributed by atoms with E-state index < -0.39 is 13.7 Å². The molecule has 0 saturated heterocycles. The highest BCUT2D eigenvalue weighted by atomic mass is 28.4. The lowest BCUT2D eigenvalue weighted by molar-refractivity contribution is -0.130. The van der Waals surface area contributed by atoms with Crippen LogP contribution in [0, 0.1) is 5.41 Å². The molecule has 29 heavy (non-hydrogen) atoms. The van der Waals surface area contributed by atoms with E-state index in [-0.39, 0.29) is 10.9 Å². The molecule has 4 heteroatoms. The number of carbonyl (C=O) groups is 1. The molecule has 1 fully saturated rings. The highest BCUT2D eigenvalue weighted by Crippen LogP contribution is 2.41. The van der Waals surface area contributed by atoms with E-state index in [9.17, 15) is 4.79 Å². The van der Waals surface area contributed by atoms with E-state index in [1.54, 1.807) is 0 Å². The van der Waals surface area contributed by atoms with Gasteiger partial charge in [-0.1, -0.05) is 101 Å². The Morgan fingerprint density at radius 2 is 1.41 bits per heavy atom. The Morgan fingerprint density at radius 1 is 0.931 bits per heavy atom. The topological polar surface area (TPSA) is 52.3 Å². The van der Waals surface area contributed by atoms with Gasteiger partial charge < -0.3 is 10.2 Å². The van der Waals surface area contributed by atoms with E-state index >= 15 is 0 Å². The summed E-state index contributed by atoms with van der Waals surface area (Å²) in [5.41, 5.74) is 5.48. The Kier molecular flexibility index (Phi) is 6.64. The molecule has 2 aromatic carbocycles. The monoisotopic (exact) mass is 409 g/mol. The third-order valence-corrected chi connectivity index (χ3v) is 11.7. The summed E-state index contributed by atoms with van der Waals surface area (Å²) >= 11 is 0. The molecule has 0 heterocycles. The summed E-state index contributed by atoms with van der Waals surface area (Å²) in [6, 6.07) is 21.3. The molecular weight excluding hydrogens is 374 g/mol. The quantitative estimate of drug-likeness (QED) is 0.690. The van der Waals surface area contributed by atoms with Gasteiger partial charge in [0, 0.05) is 6.61 Å². The van der Waals surface area contributed by atoms with Gasteiger partial charge in [0.2, 0.25) is 5.91 Å². The first-order chi connectivity index (χ1) is 13.8. The predicted octanol–water partition coefficient (Wildman–Crippen LogP) is 4.39. The number of hydrogen-bond acceptors (Lipinski definition) is 2. The minimum Gasteiger partial charge on any atom is -0.407 e. The SMILES string of the molecule is CC(C)(C)[Si](OCCC1(C(N)=O)CCCCC1)(c1ccccc1)c1ccccc1. The van der Waals surface area contributed by atoms with Crippen molar-refractivity contribution in [2.24, 2.45) is 11.1 Å². The molecule has 1 amide bonds. The van der Waals surface area contributed by atoms with Crippen LogP contribution in [0.25, 0.3) is 0 Å². The van der Waals surface area contributed by atoms with E-state index in [0.717, 1.165) is 25.7 Å². The van der Waals surface area contributed by atoms with Gasteiger partial charge in [-0.2, -0.15) is 0 Å². The molecule has 2 aromatic rings. The zero-order chi connectivity index (χ0) is 21.0. The molecule has 0 spiro atoms. The molecule has 0 unspecified atom stereocenters. The maximum atomic E-state index is 12.3. The van der Waals surface area contributed by atoms with Gasteiger partial charge in [0.05, 0.1) is 5.41 Å². The third-order valence-electron chi connectivity index (χ3n) is 6.65. The smallest absolute Gasteiger partial charge is 0.261 e. The van der Waals surface area contributed by atoms with Crippen molar-refractivity contribution < 1.29 is 9.22 Å². The van der Waals surface area contributed by atoms with Crippen molar-refractivity contribution in [2.45, 2.75) is 64.3 Å². The summed E-state index contributed by atoms with van der Waals surface area (Å²) in [7, 11) is -2.55. The van der Waals surface area contributed by atoms with E-state index in [2.05, 4.69) is 81.4 Å². The van der Waals surface area contributed by atoms with Crippen LogP contribution >= 0.6 is 0 Å². The summed E-state index contributed by atoms with van der Waals surface area (Å²) in [5, 5.41) is 2.49. The van der Waals surface area contributed by atoms with Gasteiger partial charge in [-0.05, 0) is 34.7 Å². The number of primary amides is 1. The van der Waals surface area contributed by atoms with Crippen molar-refractivity contribution in [3.63, 3.8) is 0 Å². The summed E-state index contributed by atoms with van der Waals surface area (Å²) < 4.78 is 6.98. The lowest BCUT2D eigenvalue weighted by atomic mass is 9.71. The van der Waals surface area contributed by atoms with Gasteiger partial charge in [0.1, 0.15) is 0 Å². The molecule has 1 aliphatic rings. The second kappa shape index (κ2) is 8.84. The summed E-state index contributed by atoms with van der Waals surface area (Å²) in [6.45, 7) is 7.41. The molecule has 0 radical (unpaired) electrons. The maximum absolute atomic E-state index is 12.3. The molecule has 3 nitrogen and oxygen atoms in total. The first kappa shape index (κ1) is 21.8. The first-order valence-electron chi connectivity index (χ1n) is 10.9. The van der Waals surface area contributed by atoms with Crippen molar-refractivity contribution >= 4 is 24.6 Å². The average Bonchev–Trinajstić information content (AvgIpc) is 2.72. The predicted molar refractivity (Wildman–Crippen MR) is 123 cm³/mol. The van der Waals surface area contributed by atoms with Gasteiger partial charge >= 0.3 is 0 Å². The molecule has 2 N–H and O–H groups in total. The number of hydrogen-bond donors (Lipinski definition) is 1. The van der Waals surface area contributed by atoms with Crippen molar-refractivity contribution in [3.05, 3.63) is 60.7 Å². The molecule has 0 aliphatic heterocycles. The van der Waals surface area contributed by atoms with Gasteiger partial charge in [0.15, 0.2) is 0 Å². The van der Waals surface area contributed by atoms with Crippen LogP contribution in [0.1, 0.15) is 59.3 Å². The van der Waals surface area contributed by atoms with Crippen LogP contribution in [0.15, 0.2) is 60.7 Å². The number of amides is 1. The number of carbonyl (C=O) groups excluding carboxylic acids is 1. The summed E-state index contributed by atoms with van der Waals surface area (Å²) in [4.78, 5) is 12.3. The summed E-state index contributed by atoms with van der Waals surface area (Å²) in [6.07, 6.45) is 5.88. The third kappa shape index (κ3) is 4.34. The normalized spacial score (nSPS) is 17.1. The van der Waals surface area contributed by atoms with Crippen molar-refractivity contribution in [1.82, 2.24) is 0 Å². The van der Waals surface area contributed by atoms with Crippen LogP contribution in [0.4, 0.5) is 0 Å². The molecular formula is C25H35NO2Si. The van der Waals surface area contributed by atoms with E-state index in [4.69, 9.17) is 10.2 Å². The van der Waals surface area contributed by atoms with Gasteiger partial charge in [-0.3, -0.25) is 4.79 Å². The molecule has 3 rings (SSSR count). The van der Waals surface area contributed by atoms with E-state index in [1.807, 2.05) is 0 Å². The molecule has 1 aliphatic carbocycles. The Morgan fingerprint density at radius 3 is 1.83 bits per heavy atom. The standard InChI is InChI=1S/C25H35NO2Si/c1-24(2,3)29(21-13-7-4-8-14-21,22-15-9-5-10-16-22)28-20-19-25(23(26)27)17-11-6-12-18-25/h4-5,7-10,13-16H,6,11-12,17-20H2,1-3H3,(H2,26,27). The van der Waals surface area contributed by atoms with Crippen LogP contribution in [0.3, 0.4) is 0 Å². The Balaban J connectivity index is 1.97. The van der Waals surface area contributed by atoms with Crippen LogP contribution in [0.5, 0.6) is 0 Å². The fourth-order valence-electron chi connectivity index (χ4n) is 5.01. The number of benzene rings is 2. The molecule has 1 saturated carbocycles. The first-order valence-corrected chi connectivity index (χ1v) is 12.8. The number of nitrogens with two attached hydrogens (primary N) is 1. The zero-order valence-electron chi connectivity index (χ0n) is 18.1. The second-order valence-corrected chi connectivity index (χ2v) is 13.8. The molecule has 0 aromatic heterocycles. The lowest BCUT2D eigenvalue weighted by Gasteiger charge is -2.44. The molecule has 0 bridgehead atoms. The van der Waals surface area contributed by atoms with Gasteiger partial charge in [-0.25, -0.2) is 0 Å². The molecule has 0 atom stereocenters. The highest BCUT2D eigenvalue weighted by molar-refractivity contribution is 6.99. The second-order valence-electron chi connectivity index (χ2n) is 9.47. The largest absolute Gasteiger partial charge is 0.407 e. The van der Waals surface area contributed by atoms with Crippen molar-refractivity contribution in [3.8, 4) is 0 Å². The Hall–Kier alpha value is -1.91. The van der Waals surface area contributed by atoms with Crippen LogP contribution < -0.4 is 16.1 Å². The summed E-state index contributed by atoms with van der Waals surface area (Å²) in [5.74, 6) is -0.150. The minimum absolute atomic E-state index is 0.0534. The van der Waals surface area contributed by atoms with E-state index in [0.29, 0.717) is 13.0 Å². The van der Waals surface area contributed by atoms with Crippen molar-refractivity contribution in [2.75, 3.05) is 6.61 Å². The van der Waals surface area contributed by atoms with Crippen molar-refractivity contribution in [1.29, 1.82) is 0 Å².